The standard InChI is InChI=1S/C11H15N3O5/c1-7(10(16)17)12-6-9(15)14-11(18)13-5-8-3-2-4-19-8/h2-4,7,12H,5-6H2,1H3,(H,16,17)(H2,13,14,15,18). The van der Waals surface area contributed by atoms with Crippen molar-refractivity contribution < 1.29 is 23.9 Å². The Hall–Kier alpha value is -2.35. The normalized spacial score (nSPS) is 11.6. The molecule has 0 saturated carbocycles. The monoisotopic (exact) mass is 269 g/mol. The number of rotatable bonds is 6. The summed E-state index contributed by atoms with van der Waals surface area (Å²) in [6, 6.07) is 1.82. The van der Waals surface area contributed by atoms with Crippen LogP contribution in [0.15, 0.2) is 22.8 Å². The third-order valence-electron chi connectivity index (χ3n) is 2.20. The first kappa shape index (κ1) is 14.7. The second-order valence-corrected chi connectivity index (χ2v) is 3.75. The summed E-state index contributed by atoms with van der Waals surface area (Å²) in [4.78, 5) is 33.1. The van der Waals surface area contributed by atoms with Crippen LogP contribution in [0.25, 0.3) is 0 Å². The summed E-state index contributed by atoms with van der Waals surface area (Å²) in [5.74, 6) is -1.14. The van der Waals surface area contributed by atoms with Crippen molar-refractivity contribution in [2.45, 2.75) is 19.5 Å². The van der Waals surface area contributed by atoms with Gasteiger partial charge in [-0.1, -0.05) is 0 Å². The van der Waals surface area contributed by atoms with Gasteiger partial charge in [0.2, 0.25) is 5.91 Å². The Morgan fingerprint density at radius 1 is 1.42 bits per heavy atom. The summed E-state index contributed by atoms with van der Waals surface area (Å²) in [6.07, 6.45) is 1.47. The summed E-state index contributed by atoms with van der Waals surface area (Å²) in [5.41, 5.74) is 0. The minimum absolute atomic E-state index is 0.158. The highest BCUT2D eigenvalue weighted by Gasteiger charge is 2.13. The molecule has 3 amide bonds. The van der Waals surface area contributed by atoms with E-state index in [0.29, 0.717) is 5.76 Å². The molecule has 0 aliphatic heterocycles. The van der Waals surface area contributed by atoms with Gasteiger partial charge >= 0.3 is 12.0 Å². The van der Waals surface area contributed by atoms with Crippen molar-refractivity contribution in [1.29, 1.82) is 0 Å². The van der Waals surface area contributed by atoms with Crippen LogP contribution >= 0.6 is 0 Å². The van der Waals surface area contributed by atoms with E-state index in [1.807, 2.05) is 0 Å². The fourth-order valence-corrected chi connectivity index (χ4v) is 1.13. The molecule has 0 aliphatic carbocycles. The van der Waals surface area contributed by atoms with E-state index in [1.165, 1.54) is 13.2 Å². The van der Waals surface area contributed by atoms with Crippen molar-refractivity contribution in [3.63, 3.8) is 0 Å². The van der Waals surface area contributed by atoms with Crippen molar-refractivity contribution in [3.8, 4) is 0 Å². The molecular weight excluding hydrogens is 254 g/mol. The third-order valence-corrected chi connectivity index (χ3v) is 2.20. The van der Waals surface area contributed by atoms with Crippen LogP contribution in [0.2, 0.25) is 0 Å². The first-order valence-corrected chi connectivity index (χ1v) is 5.55. The predicted molar refractivity (Wildman–Crippen MR) is 64.2 cm³/mol. The van der Waals surface area contributed by atoms with Gasteiger partial charge < -0.3 is 14.8 Å². The summed E-state index contributed by atoms with van der Waals surface area (Å²) in [5, 5.41) is 15.5. The number of imide groups is 1. The van der Waals surface area contributed by atoms with Crippen molar-refractivity contribution in [1.82, 2.24) is 16.0 Å². The molecule has 8 nitrogen and oxygen atoms in total. The van der Waals surface area contributed by atoms with E-state index in [9.17, 15) is 14.4 Å². The van der Waals surface area contributed by atoms with E-state index in [0.717, 1.165) is 0 Å². The Morgan fingerprint density at radius 3 is 2.74 bits per heavy atom. The number of nitrogens with one attached hydrogen (secondary N) is 3. The molecular formula is C11H15N3O5. The van der Waals surface area contributed by atoms with E-state index in [-0.39, 0.29) is 13.1 Å². The van der Waals surface area contributed by atoms with Crippen LogP contribution in [0.3, 0.4) is 0 Å². The van der Waals surface area contributed by atoms with Crippen LogP contribution in [-0.2, 0) is 16.1 Å². The van der Waals surface area contributed by atoms with Crippen LogP contribution < -0.4 is 16.0 Å². The minimum atomic E-state index is -1.07. The number of carbonyl (C=O) groups excluding carboxylic acids is 2. The lowest BCUT2D eigenvalue weighted by molar-refractivity contribution is -0.139. The van der Waals surface area contributed by atoms with E-state index in [2.05, 4.69) is 16.0 Å². The Labute approximate surface area is 109 Å². The number of hydrogen-bond donors (Lipinski definition) is 4. The zero-order valence-electron chi connectivity index (χ0n) is 10.3. The largest absolute Gasteiger partial charge is 0.480 e. The molecule has 1 atom stereocenters. The maximum absolute atomic E-state index is 11.3. The maximum Gasteiger partial charge on any atom is 0.321 e. The molecule has 0 fully saturated rings. The van der Waals surface area contributed by atoms with Crippen LogP contribution in [0, 0.1) is 0 Å². The predicted octanol–water partition coefficient (Wildman–Crippen LogP) is -0.332. The lowest BCUT2D eigenvalue weighted by atomic mass is 10.3. The zero-order valence-corrected chi connectivity index (χ0v) is 10.3. The van der Waals surface area contributed by atoms with Crippen molar-refractivity contribution in [3.05, 3.63) is 24.2 Å². The summed E-state index contributed by atoms with van der Waals surface area (Å²) < 4.78 is 4.99. The van der Waals surface area contributed by atoms with E-state index < -0.39 is 23.9 Å². The number of hydrogen-bond acceptors (Lipinski definition) is 5. The molecule has 0 bridgehead atoms. The zero-order chi connectivity index (χ0) is 14.3. The average Bonchev–Trinajstić information content (AvgIpc) is 2.86. The number of carboxylic acid groups (broad SMARTS) is 1. The molecule has 1 unspecified atom stereocenters. The molecule has 1 aromatic heterocycles. The smallest absolute Gasteiger partial charge is 0.321 e. The van der Waals surface area contributed by atoms with Crippen LogP contribution in [0.5, 0.6) is 0 Å². The van der Waals surface area contributed by atoms with E-state index >= 15 is 0 Å². The van der Waals surface area contributed by atoms with Crippen LogP contribution in [0.1, 0.15) is 12.7 Å². The molecule has 1 aromatic rings. The van der Waals surface area contributed by atoms with Gasteiger partial charge in [0.05, 0.1) is 19.4 Å². The van der Waals surface area contributed by atoms with Crippen molar-refractivity contribution in [2.75, 3.05) is 6.54 Å². The quantitative estimate of drug-likeness (QED) is 0.561. The molecule has 0 aliphatic rings. The Kier molecular flexibility index (Phi) is 5.55. The first-order chi connectivity index (χ1) is 8.99. The number of furan rings is 1. The molecule has 19 heavy (non-hydrogen) atoms. The van der Waals surface area contributed by atoms with Gasteiger partial charge in [-0.15, -0.1) is 0 Å². The SMILES string of the molecule is CC(NCC(=O)NC(=O)NCc1ccco1)C(=O)O. The summed E-state index contributed by atoms with van der Waals surface area (Å²) >= 11 is 0. The highest BCUT2D eigenvalue weighted by atomic mass is 16.4. The van der Waals surface area contributed by atoms with Gasteiger partial charge in [0.1, 0.15) is 11.8 Å². The lowest BCUT2D eigenvalue weighted by Gasteiger charge is -2.09. The fraction of sp³-hybridized carbons (Fsp3) is 0.364. The van der Waals surface area contributed by atoms with Crippen LogP contribution in [0.4, 0.5) is 4.79 Å². The molecule has 104 valence electrons. The molecule has 4 N–H and O–H groups in total. The molecule has 0 aromatic carbocycles. The maximum atomic E-state index is 11.3. The molecule has 1 rings (SSSR count). The van der Waals surface area contributed by atoms with Crippen molar-refractivity contribution in [2.24, 2.45) is 0 Å². The van der Waals surface area contributed by atoms with Gasteiger partial charge in [0.25, 0.3) is 0 Å². The Bertz CT molecular complexity index is 443. The average molecular weight is 269 g/mol. The lowest BCUT2D eigenvalue weighted by Crippen LogP contribution is -2.46. The molecule has 0 spiro atoms. The number of carboxylic acids is 1. The van der Waals surface area contributed by atoms with Gasteiger partial charge in [-0.05, 0) is 19.1 Å². The second-order valence-electron chi connectivity index (χ2n) is 3.75. The molecule has 0 saturated heterocycles. The van der Waals surface area contributed by atoms with Gasteiger partial charge in [-0.3, -0.25) is 20.2 Å². The third kappa shape index (κ3) is 5.68. The van der Waals surface area contributed by atoms with Gasteiger partial charge in [-0.2, -0.15) is 0 Å². The molecule has 1 heterocycles. The van der Waals surface area contributed by atoms with E-state index in [4.69, 9.17) is 9.52 Å². The van der Waals surface area contributed by atoms with Gasteiger partial charge in [-0.25, -0.2) is 4.79 Å². The van der Waals surface area contributed by atoms with E-state index in [1.54, 1.807) is 12.1 Å². The second kappa shape index (κ2) is 7.17. The summed E-state index contributed by atoms with van der Waals surface area (Å²) in [6.45, 7) is 1.29. The number of amides is 3. The first-order valence-electron chi connectivity index (χ1n) is 5.55. The van der Waals surface area contributed by atoms with Crippen LogP contribution in [-0.4, -0.2) is 35.6 Å². The van der Waals surface area contributed by atoms with Crippen molar-refractivity contribution >= 4 is 17.9 Å². The number of urea groups is 1. The number of aliphatic carboxylic acids is 1. The number of carbonyl (C=O) groups is 3. The van der Waals surface area contributed by atoms with Gasteiger partial charge in [0.15, 0.2) is 0 Å². The minimum Gasteiger partial charge on any atom is -0.480 e. The Balaban J connectivity index is 2.20. The highest BCUT2D eigenvalue weighted by Crippen LogP contribution is 1.97. The fourth-order valence-electron chi connectivity index (χ4n) is 1.13. The highest BCUT2D eigenvalue weighted by molar-refractivity contribution is 5.95. The van der Waals surface area contributed by atoms with Gasteiger partial charge in [0, 0.05) is 0 Å². The molecule has 0 radical (unpaired) electrons. The molecule has 8 heteroatoms. The topological polar surface area (TPSA) is 121 Å². The Morgan fingerprint density at radius 2 is 2.16 bits per heavy atom. The summed E-state index contributed by atoms with van der Waals surface area (Å²) in [7, 11) is 0.